The number of H-pyrrole nitrogens is 1. The standard InChI is InChI=1S/C7H6N2O2S/c10-12(11)7-2-1-5-6(9-7)3-4-8-5/h1-4,8H,(H,10,11). The van der Waals surface area contributed by atoms with Crippen LogP contribution in [0.4, 0.5) is 0 Å². The van der Waals surface area contributed by atoms with Crippen LogP contribution in [0.25, 0.3) is 11.0 Å². The van der Waals surface area contributed by atoms with Crippen molar-refractivity contribution in [1.82, 2.24) is 9.97 Å². The van der Waals surface area contributed by atoms with Crippen LogP contribution in [-0.4, -0.2) is 18.7 Å². The molecule has 0 aromatic carbocycles. The highest BCUT2D eigenvalue weighted by Crippen LogP contribution is 2.11. The Bertz CT molecular complexity index is 438. The first-order chi connectivity index (χ1) is 5.77. The van der Waals surface area contributed by atoms with E-state index < -0.39 is 11.1 Å². The first-order valence-corrected chi connectivity index (χ1v) is 4.43. The Kier molecular flexibility index (Phi) is 1.67. The first kappa shape index (κ1) is 7.45. The maximum absolute atomic E-state index is 10.6. The SMILES string of the molecule is O=S(O)c1ccc2[nH]ccc2n1. The number of fused-ring (bicyclic) bond motifs is 1. The molecule has 2 N–H and O–H groups in total. The normalized spacial score (nSPS) is 13.4. The van der Waals surface area contributed by atoms with Crippen molar-refractivity contribution < 1.29 is 8.76 Å². The molecule has 4 nitrogen and oxygen atoms in total. The van der Waals surface area contributed by atoms with E-state index in [9.17, 15) is 4.21 Å². The summed E-state index contributed by atoms with van der Waals surface area (Å²) in [5.41, 5.74) is 1.57. The van der Waals surface area contributed by atoms with Gasteiger partial charge >= 0.3 is 0 Å². The lowest BCUT2D eigenvalue weighted by Gasteiger charge is -1.92. The zero-order valence-electron chi connectivity index (χ0n) is 6.02. The van der Waals surface area contributed by atoms with Gasteiger partial charge in [-0.1, -0.05) is 0 Å². The molecule has 2 heterocycles. The second kappa shape index (κ2) is 2.69. The Morgan fingerprint density at radius 2 is 2.25 bits per heavy atom. The molecule has 2 aromatic rings. The molecule has 0 amide bonds. The van der Waals surface area contributed by atoms with Gasteiger partial charge < -0.3 is 9.54 Å². The molecule has 2 rings (SSSR count). The second-order valence-electron chi connectivity index (χ2n) is 2.31. The van der Waals surface area contributed by atoms with Crippen LogP contribution in [0, 0.1) is 0 Å². The topological polar surface area (TPSA) is 66.0 Å². The van der Waals surface area contributed by atoms with Crippen molar-refractivity contribution >= 4 is 22.1 Å². The number of rotatable bonds is 1. The molecule has 0 saturated carbocycles. The number of nitrogens with one attached hydrogen (secondary N) is 1. The second-order valence-corrected chi connectivity index (χ2v) is 3.23. The summed E-state index contributed by atoms with van der Waals surface area (Å²) in [5, 5.41) is 0.183. The fraction of sp³-hybridized carbons (Fsp3) is 0. The Hall–Kier alpha value is -1.20. The van der Waals surface area contributed by atoms with Crippen LogP contribution in [-0.2, 0) is 11.1 Å². The van der Waals surface area contributed by atoms with Crippen molar-refractivity contribution in [2.75, 3.05) is 0 Å². The lowest BCUT2D eigenvalue weighted by Crippen LogP contribution is -1.91. The summed E-state index contributed by atoms with van der Waals surface area (Å²) in [6.07, 6.45) is 1.74. The summed E-state index contributed by atoms with van der Waals surface area (Å²) in [6.45, 7) is 0. The predicted molar refractivity (Wildman–Crippen MR) is 45.1 cm³/mol. The van der Waals surface area contributed by atoms with E-state index in [1.165, 1.54) is 6.07 Å². The smallest absolute Gasteiger partial charge is 0.205 e. The average Bonchev–Trinajstić information content (AvgIpc) is 2.49. The van der Waals surface area contributed by atoms with E-state index in [2.05, 4.69) is 9.97 Å². The summed E-state index contributed by atoms with van der Waals surface area (Å²) in [6, 6.07) is 5.01. The van der Waals surface area contributed by atoms with E-state index in [1.807, 2.05) is 0 Å². The summed E-state index contributed by atoms with van der Waals surface area (Å²) in [5.74, 6) is 0. The molecule has 0 saturated heterocycles. The van der Waals surface area contributed by atoms with Crippen LogP contribution in [0.15, 0.2) is 29.4 Å². The third kappa shape index (κ3) is 1.13. The van der Waals surface area contributed by atoms with Crippen LogP contribution in [0.1, 0.15) is 0 Å². The first-order valence-electron chi connectivity index (χ1n) is 3.32. The van der Waals surface area contributed by atoms with Gasteiger partial charge in [0.1, 0.15) is 0 Å². The van der Waals surface area contributed by atoms with Gasteiger partial charge in [0, 0.05) is 6.20 Å². The summed E-state index contributed by atoms with van der Waals surface area (Å²) in [7, 11) is 0. The Morgan fingerprint density at radius 3 is 3.00 bits per heavy atom. The lowest BCUT2D eigenvalue weighted by molar-refractivity contribution is 0.561. The minimum absolute atomic E-state index is 0.183. The van der Waals surface area contributed by atoms with Crippen LogP contribution in [0.3, 0.4) is 0 Å². The number of aromatic nitrogens is 2. The van der Waals surface area contributed by atoms with Gasteiger partial charge in [0.25, 0.3) is 0 Å². The molecule has 62 valence electrons. The maximum atomic E-state index is 10.6. The van der Waals surface area contributed by atoms with Gasteiger partial charge in [-0.2, -0.15) is 0 Å². The molecule has 2 aromatic heterocycles. The third-order valence-electron chi connectivity index (χ3n) is 1.56. The van der Waals surface area contributed by atoms with Crippen molar-refractivity contribution in [3.63, 3.8) is 0 Å². The quantitative estimate of drug-likeness (QED) is 0.650. The van der Waals surface area contributed by atoms with Crippen molar-refractivity contribution in [2.24, 2.45) is 0 Å². The highest BCUT2D eigenvalue weighted by molar-refractivity contribution is 7.79. The monoisotopic (exact) mass is 182 g/mol. The molecule has 1 unspecified atom stereocenters. The molecule has 0 aliphatic carbocycles. The Balaban J connectivity index is 2.68. The molecule has 0 radical (unpaired) electrons. The summed E-state index contributed by atoms with van der Waals surface area (Å²) < 4.78 is 19.3. The molecule has 1 atom stereocenters. The number of aromatic amines is 1. The van der Waals surface area contributed by atoms with Crippen LogP contribution in [0.2, 0.25) is 0 Å². The number of pyridine rings is 1. The fourth-order valence-corrected chi connectivity index (χ4v) is 1.37. The summed E-state index contributed by atoms with van der Waals surface area (Å²) >= 11 is -1.99. The van der Waals surface area contributed by atoms with Crippen molar-refractivity contribution in [2.45, 2.75) is 5.03 Å². The molecule has 5 heteroatoms. The van der Waals surface area contributed by atoms with Crippen LogP contribution >= 0.6 is 0 Å². The van der Waals surface area contributed by atoms with Gasteiger partial charge in [0.2, 0.25) is 11.1 Å². The zero-order chi connectivity index (χ0) is 8.55. The molecule has 12 heavy (non-hydrogen) atoms. The van der Waals surface area contributed by atoms with Crippen LogP contribution in [0.5, 0.6) is 0 Å². The van der Waals surface area contributed by atoms with Crippen molar-refractivity contribution in [3.05, 3.63) is 24.4 Å². The highest BCUT2D eigenvalue weighted by atomic mass is 32.2. The Morgan fingerprint density at radius 1 is 1.42 bits per heavy atom. The van der Waals surface area contributed by atoms with E-state index in [-0.39, 0.29) is 5.03 Å². The number of hydrogen-bond donors (Lipinski definition) is 2. The Labute approximate surface area is 70.9 Å². The highest BCUT2D eigenvalue weighted by Gasteiger charge is 2.02. The largest absolute Gasteiger partial charge is 0.360 e. The van der Waals surface area contributed by atoms with Gasteiger partial charge in [0.15, 0.2) is 5.03 Å². The van der Waals surface area contributed by atoms with E-state index in [4.69, 9.17) is 4.55 Å². The maximum Gasteiger partial charge on any atom is 0.205 e. The number of nitrogens with zero attached hydrogens (tertiary/aromatic N) is 1. The van der Waals surface area contributed by atoms with Gasteiger partial charge in [-0.15, -0.1) is 0 Å². The summed E-state index contributed by atoms with van der Waals surface area (Å²) in [4.78, 5) is 6.90. The van der Waals surface area contributed by atoms with Crippen molar-refractivity contribution in [3.8, 4) is 0 Å². The minimum Gasteiger partial charge on any atom is -0.360 e. The number of hydrogen-bond acceptors (Lipinski definition) is 2. The molecule has 0 fully saturated rings. The molecular weight excluding hydrogens is 176 g/mol. The minimum atomic E-state index is -1.99. The van der Waals surface area contributed by atoms with Gasteiger partial charge in [-0.3, -0.25) is 0 Å². The zero-order valence-corrected chi connectivity index (χ0v) is 6.84. The fourth-order valence-electron chi connectivity index (χ4n) is 1.01. The van der Waals surface area contributed by atoms with Gasteiger partial charge in [-0.25, -0.2) is 9.19 Å². The lowest BCUT2D eigenvalue weighted by atomic mass is 10.4. The molecule has 0 aliphatic heterocycles. The molecule has 0 spiro atoms. The van der Waals surface area contributed by atoms with E-state index >= 15 is 0 Å². The van der Waals surface area contributed by atoms with Crippen molar-refractivity contribution in [1.29, 1.82) is 0 Å². The van der Waals surface area contributed by atoms with Crippen LogP contribution < -0.4 is 0 Å². The van der Waals surface area contributed by atoms with E-state index in [0.717, 1.165) is 5.52 Å². The van der Waals surface area contributed by atoms with Gasteiger partial charge in [0.05, 0.1) is 11.0 Å². The molecular formula is C7H6N2O2S. The van der Waals surface area contributed by atoms with Gasteiger partial charge in [-0.05, 0) is 18.2 Å². The third-order valence-corrected chi connectivity index (χ3v) is 2.14. The molecule has 0 bridgehead atoms. The predicted octanol–water partition coefficient (Wildman–Crippen LogP) is 1.14. The van der Waals surface area contributed by atoms with E-state index in [0.29, 0.717) is 5.52 Å². The van der Waals surface area contributed by atoms with E-state index in [1.54, 1.807) is 18.3 Å². The average molecular weight is 182 g/mol. The molecule has 0 aliphatic rings.